The highest BCUT2D eigenvalue weighted by Gasteiger charge is 2.14. The Morgan fingerprint density at radius 2 is 2.15 bits per heavy atom. The lowest BCUT2D eigenvalue weighted by atomic mass is 10.0. The molecule has 0 radical (unpaired) electrons. The molecule has 20 heavy (non-hydrogen) atoms. The van der Waals surface area contributed by atoms with Crippen molar-refractivity contribution < 1.29 is 0 Å². The van der Waals surface area contributed by atoms with Crippen molar-refractivity contribution in [1.29, 1.82) is 0 Å². The minimum atomic E-state index is 0.307. The molecular formula is C16H22BrN3. The molecule has 0 bridgehead atoms. The van der Waals surface area contributed by atoms with Gasteiger partial charge in [-0.3, -0.25) is 4.68 Å². The molecule has 0 aliphatic rings. The van der Waals surface area contributed by atoms with E-state index in [0.29, 0.717) is 6.04 Å². The molecule has 1 atom stereocenters. The molecule has 1 aromatic carbocycles. The van der Waals surface area contributed by atoms with Crippen molar-refractivity contribution >= 4 is 15.9 Å². The molecule has 1 heterocycles. The Morgan fingerprint density at radius 1 is 1.35 bits per heavy atom. The first-order valence-corrected chi connectivity index (χ1v) is 7.87. The Morgan fingerprint density at radius 3 is 2.75 bits per heavy atom. The lowest BCUT2D eigenvalue weighted by Crippen LogP contribution is -2.24. The third kappa shape index (κ3) is 3.93. The Hall–Kier alpha value is -1.13. The summed E-state index contributed by atoms with van der Waals surface area (Å²) in [5, 5.41) is 8.11. The third-order valence-electron chi connectivity index (χ3n) is 3.42. The van der Waals surface area contributed by atoms with E-state index in [-0.39, 0.29) is 0 Å². The van der Waals surface area contributed by atoms with E-state index < -0.39 is 0 Å². The van der Waals surface area contributed by atoms with E-state index in [1.807, 2.05) is 17.9 Å². The first-order valence-electron chi connectivity index (χ1n) is 7.08. The zero-order chi connectivity index (χ0) is 14.5. The van der Waals surface area contributed by atoms with Gasteiger partial charge in [0.25, 0.3) is 0 Å². The van der Waals surface area contributed by atoms with Gasteiger partial charge in [-0.05, 0) is 43.1 Å². The van der Waals surface area contributed by atoms with Crippen LogP contribution in [0.3, 0.4) is 0 Å². The number of rotatable bonds is 6. The van der Waals surface area contributed by atoms with Crippen LogP contribution in [0.5, 0.6) is 0 Å². The van der Waals surface area contributed by atoms with Gasteiger partial charge in [0.05, 0.1) is 5.69 Å². The molecule has 3 nitrogen and oxygen atoms in total. The summed E-state index contributed by atoms with van der Waals surface area (Å²) in [4.78, 5) is 0. The Kier molecular flexibility index (Phi) is 5.38. The second-order valence-corrected chi connectivity index (χ2v) is 6.05. The topological polar surface area (TPSA) is 29.9 Å². The predicted octanol–water partition coefficient (Wildman–Crippen LogP) is 3.77. The predicted molar refractivity (Wildman–Crippen MR) is 86.8 cm³/mol. The number of nitrogens with one attached hydrogen (secondary N) is 1. The summed E-state index contributed by atoms with van der Waals surface area (Å²) in [5.41, 5.74) is 3.69. The van der Waals surface area contributed by atoms with Gasteiger partial charge in [-0.1, -0.05) is 35.0 Å². The van der Waals surface area contributed by atoms with E-state index in [0.717, 1.165) is 25.1 Å². The van der Waals surface area contributed by atoms with E-state index in [4.69, 9.17) is 0 Å². The van der Waals surface area contributed by atoms with E-state index in [1.165, 1.54) is 15.6 Å². The molecule has 0 fully saturated rings. The summed E-state index contributed by atoms with van der Waals surface area (Å²) in [5.74, 6) is 0. The number of hydrogen-bond acceptors (Lipinski definition) is 2. The van der Waals surface area contributed by atoms with Gasteiger partial charge in [0.1, 0.15) is 0 Å². The average Bonchev–Trinajstić information content (AvgIpc) is 2.83. The lowest BCUT2D eigenvalue weighted by molar-refractivity contribution is 0.521. The van der Waals surface area contributed by atoms with Crippen molar-refractivity contribution in [3.63, 3.8) is 0 Å². The zero-order valence-electron chi connectivity index (χ0n) is 12.4. The van der Waals surface area contributed by atoms with Gasteiger partial charge in [-0.15, -0.1) is 0 Å². The van der Waals surface area contributed by atoms with Crippen LogP contribution in [0, 0.1) is 6.92 Å². The Bertz CT molecular complexity index is 563. The summed E-state index contributed by atoms with van der Waals surface area (Å²) >= 11 is 3.62. The Labute approximate surface area is 129 Å². The number of benzene rings is 1. The molecule has 4 heteroatoms. The minimum Gasteiger partial charge on any atom is -0.310 e. The highest BCUT2D eigenvalue weighted by molar-refractivity contribution is 9.10. The van der Waals surface area contributed by atoms with Gasteiger partial charge >= 0.3 is 0 Å². The minimum absolute atomic E-state index is 0.307. The fourth-order valence-electron chi connectivity index (χ4n) is 2.23. The van der Waals surface area contributed by atoms with E-state index >= 15 is 0 Å². The van der Waals surface area contributed by atoms with Crippen LogP contribution in [0.1, 0.15) is 36.2 Å². The van der Waals surface area contributed by atoms with Crippen LogP contribution in [0.2, 0.25) is 0 Å². The summed E-state index contributed by atoms with van der Waals surface area (Å²) in [6.45, 7) is 5.32. The van der Waals surface area contributed by atoms with Crippen molar-refractivity contribution in [3.05, 3.63) is 51.8 Å². The summed E-state index contributed by atoms with van der Waals surface area (Å²) in [6, 6.07) is 8.98. The van der Waals surface area contributed by atoms with Crippen LogP contribution in [0.25, 0.3) is 0 Å². The van der Waals surface area contributed by atoms with Crippen molar-refractivity contribution in [1.82, 2.24) is 15.1 Å². The van der Waals surface area contributed by atoms with Crippen LogP contribution in [-0.2, 0) is 13.5 Å². The standard InChI is InChI=1S/C16H22BrN3/c1-4-8-18-16(11-14-7-9-20(3)19-14)13-6-5-12(2)15(17)10-13/h5-7,9-10,16,18H,4,8,11H2,1-3H3. The van der Waals surface area contributed by atoms with Gasteiger partial charge in [0, 0.05) is 30.2 Å². The molecule has 1 unspecified atom stereocenters. The normalized spacial score (nSPS) is 12.6. The van der Waals surface area contributed by atoms with Crippen molar-refractivity contribution in [2.24, 2.45) is 7.05 Å². The van der Waals surface area contributed by atoms with Crippen LogP contribution < -0.4 is 5.32 Å². The lowest BCUT2D eigenvalue weighted by Gasteiger charge is -2.19. The number of hydrogen-bond donors (Lipinski definition) is 1. The summed E-state index contributed by atoms with van der Waals surface area (Å²) in [6.07, 6.45) is 4.04. The SMILES string of the molecule is CCCNC(Cc1ccn(C)n1)c1ccc(C)c(Br)c1. The highest BCUT2D eigenvalue weighted by Crippen LogP contribution is 2.24. The molecule has 2 rings (SSSR count). The Balaban J connectivity index is 2.19. The number of nitrogens with zero attached hydrogens (tertiary/aromatic N) is 2. The molecule has 0 aliphatic heterocycles. The quantitative estimate of drug-likeness (QED) is 0.870. The molecule has 0 spiro atoms. The number of halogens is 1. The molecule has 108 valence electrons. The van der Waals surface area contributed by atoms with E-state index in [2.05, 4.69) is 64.5 Å². The molecule has 1 N–H and O–H groups in total. The first kappa shape index (κ1) is 15.3. The zero-order valence-corrected chi connectivity index (χ0v) is 13.9. The molecule has 0 amide bonds. The maximum absolute atomic E-state index is 4.49. The van der Waals surface area contributed by atoms with Gasteiger partial charge in [0.2, 0.25) is 0 Å². The maximum atomic E-state index is 4.49. The largest absolute Gasteiger partial charge is 0.310 e. The van der Waals surface area contributed by atoms with Gasteiger partial charge in [-0.25, -0.2) is 0 Å². The molecule has 2 aromatic rings. The van der Waals surface area contributed by atoms with E-state index in [1.54, 1.807) is 0 Å². The smallest absolute Gasteiger partial charge is 0.0643 e. The van der Waals surface area contributed by atoms with Crippen molar-refractivity contribution in [2.45, 2.75) is 32.7 Å². The van der Waals surface area contributed by atoms with Crippen LogP contribution in [-0.4, -0.2) is 16.3 Å². The van der Waals surface area contributed by atoms with Crippen LogP contribution in [0.15, 0.2) is 34.9 Å². The average molecular weight is 336 g/mol. The van der Waals surface area contributed by atoms with Crippen LogP contribution in [0.4, 0.5) is 0 Å². The second-order valence-electron chi connectivity index (χ2n) is 5.20. The van der Waals surface area contributed by atoms with Gasteiger partial charge in [0.15, 0.2) is 0 Å². The fourth-order valence-corrected chi connectivity index (χ4v) is 2.63. The molecule has 0 aliphatic carbocycles. The first-order chi connectivity index (χ1) is 9.60. The van der Waals surface area contributed by atoms with Crippen molar-refractivity contribution in [2.75, 3.05) is 6.54 Å². The van der Waals surface area contributed by atoms with Crippen LogP contribution >= 0.6 is 15.9 Å². The molecule has 0 saturated heterocycles. The molecule has 0 saturated carbocycles. The third-order valence-corrected chi connectivity index (χ3v) is 4.28. The number of aromatic nitrogens is 2. The van der Waals surface area contributed by atoms with E-state index in [9.17, 15) is 0 Å². The van der Waals surface area contributed by atoms with Crippen molar-refractivity contribution in [3.8, 4) is 0 Å². The maximum Gasteiger partial charge on any atom is 0.0643 e. The molecule has 1 aromatic heterocycles. The number of aryl methyl sites for hydroxylation is 2. The monoisotopic (exact) mass is 335 g/mol. The fraction of sp³-hybridized carbons (Fsp3) is 0.438. The second kappa shape index (κ2) is 7.04. The highest BCUT2D eigenvalue weighted by atomic mass is 79.9. The molecular weight excluding hydrogens is 314 g/mol. The van der Waals surface area contributed by atoms with Gasteiger partial charge < -0.3 is 5.32 Å². The van der Waals surface area contributed by atoms with Gasteiger partial charge in [-0.2, -0.15) is 5.10 Å². The summed E-state index contributed by atoms with van der Waals surface area (Å²) in [7, 11) is 1.96. The summed E-state index contributed by atoms with van der Waals surface area (Å²) < 4.78 is 3.02.